The Morgan fingerprint density at radius 3 is 1.73 bits per heavy atom. The van der Waals surface area contributed by atoms with E-state index < -0.39 is 22.5 Å². The van der Waals surface area contributed by atoms with Gasteiger partial charge in [0.25, 0.3) is 0 Å². The van der Waals surface area contributed by atoms with E-state index in [0.717, 1.165) is 6.04 Å². The molecule has 0 saturated carbocycles. The van der Waals surface area contributed by atoms with Crippen molar-refractivity contribution in [2.75, 3.05) is 0 Å². The van der Waals surface area contributed by atoms with Gasteiger partial charge in [0, 0.05) is 0 Å². The molecule has 2 aromatic carbocycles. The van der Waals surface area contributed by atoms with Crippen molar-refractivity contribution in [1.29, 1.82) is 0 Å². The van der Waals surface area contributed by atoms with Crippen LogP contribution >= 0.6 is 0 Å². The van der Waals surface area contributed by atoms with Gasteiger partial charge in [-0.25, -0.2) is 0 Å². The fourth-order valence-electron chi connectivity index (χ4n) is 4.66. The van der Waals surface area contributed by atoms with Crippen molar-refractivity contribution in [2.45, 2.75) is 38.2 Å². The number of hydrogen-bond donors (Lipinski definition) is 0. The highest BCUT2D eigenvalue weighted by Gasteiger charge is 2.67. The molecule has 1 aliphatic heterocycles. The van der Waals surface area contributed by atoms with Gasteiger partial charge in [-0.05, 0) is 23.3 Å². The largest absolute Gasteiger partial charge is 0.403 e. The molecular formula is C22H30OSi3. The summed E-state index contributed by atoms with van der Waals surface area (Å²) in [5, 5.41) is 2.80. The second-order valence-corrected chi connectivity index (χ2v) is 32.6. The van der Waals surface area contributed by atoms with Crippen molar-refractivity contribution in [3.63, 3.8) is 0 Å². The highest BCUT2D eigenvalue weighted by molar-refractivity contribution is 7.73. The second-order valence-electron chi connectivity index (χ2n) is 8.46. The van der Waals surface area contributed by atoms with Crippen LogP contribution in [0.15, 0.2) is 85.6 Å². The molecule has 1 heterocycles. The lowest BCUT2D eigenvalue weighted by Gasteiger charge is -2.60. The summed E-state index contributed by atoms with van der Waals surface area (Å²) in [5.41, 5.74) is 2.05. The molecule has 0 aliphatic carbocycles. The maximum Gasteiger partial charge on any atom is 0.239 e. The molecule has 4 heteroatoms. The van der Waals surface area contributed by atoms with Crippen molar-refractivity contribution in [3.8, 4) is 0 Å². The lowest BCUT2D eigenvalue weighted by Crippen LogP contribution is -2.88. The van der Waals surface area contributed by atoms with Crippen LogP contribution in [0.3, 0.4) is 0 Å². The molecule has 2 aromatic rings. The summed E-state index contributed by atoms with van der Waals surface area (Å²) in [6.45, 7) is 18.4. The van der Waals surface area contributed by atoms with Gasteiger partial charge in [-0.2, -0.15) is 0 Å². The number of rotatable bonds is 4. The zero-order valence-electron chi connectivity index (χ0n) is 16.5. The molecule has 0 bridgehead atoms. The monoisotopic (exact) mass is 394 g/mol. The van der Waals surface area contributed by atoms with E-state index in [1.54, 1.807) is 0 Å². The Kier molecular flexibility index (Phi) is 4.90. The summed E-state index contributed by atoms with van der Waals surface area (Å²) in [7, 11) is -5.97. The SMILES string of the molecule is C=CC1(C)C[Si](C)(C=C)[Si](C)(C)[Si](c2ccccc2)(c2ccccc2)O1. The number of hydrogen-bond acceptors (Lipinski definition) is 1. The van der Waals surface area contributed by atoms with Crippen molar-refractivity contribution in [3.05, 3.63) is 85.6 Å². The molecular weight excluding hydrogens is 364 g/mol. The highest BCUT2D eigenvalue weighted by Crippen LogP contribution is 2.44. The maximum atomic E-state index is 7.26. The molecule has 0 N–H and O–H groups in total. The Morgan fingerprint density at radius 1 is 0.885 bits per heavy atom. The molecule has 0 spiro atoms. The average Bonchev–Trinajstić information content (AvgIpc) is 2.66. The Balaban J connectivity index is 2.41. The zero-order chi connectivity index (χ0) is 19.1. The van der Waals surface area contributed by atoms with Gasteiger partial charge in [-0.1, -0.05) is 86.4 Å². The lowest BCUT2D eigenvalue weighted by molar-refractivity contribution is 0.159. The van der Waals surface area contributed by atoms with Gasteiger partial charge >= 0.3 is 0 Å². The fourth-order valence-corrected chi connectivity index (χ4v) is 38.0. The molecule has 0 aromatic heterocycles. The van der Waals surface area contributed by atoms with Crippen LogP contribution in [0, 0.1) is 0 Å². The van der Waals surface area contributed by atoms with Crippen LogP contribution in [-0.2, 0) is 4.43 Å². The van der Waals surface area contributed by atoms with Gasteiger partial charge in [0.2, 0.25) is 7.83 Å². The first-order valence-electron chi connectivity index (χ1n) is 9.33. The van der Waals surface area contributed by atoms with Crippen LogP contribution < -0.4 is 10.4 Å². The predicted molar refractivity (Wildman–Crippen MR) is 122 cm³/mol. The van der Waals surface area contributed by atoms with Crippen molar-refractivity contribution >= 4 is 32.9 Å². The van der Waals surface area contributed by atoms with Crippen LogP contribution in [0.2, 0.25) is 25.7 Å². The summed E-state index contributed by atoms with van der Waals surface area (Å²) in [4.78, 5) is 0. The van der Waals surface area contributed by atoms with E-state index in [1.807, 2.05) is 6.08 Å². The van der Waals surface area contributed by atoms with Gasteiger partial charge in [0.15, 0.2) is 0 Å². The van der Waals surface area contributed by atoms with Gasteiger partial charge in [0.1, 0.15) is 0 Å². The Labute approximate surface area is 161 Å². The highest BCUT2D eigenvalue weighted by atomic mass is 29.6. The second kappa shape index (κ2) is 6.60. The molecule has 26 heavy (non-hydrogen) atoms. The van der Waals surface area contributed by atoms with E-state index in [9.17, 15) is 0 Å². The minimum atomic E-state index is -2.42. The Morgan fingerprint density at radius 2 is 1.35 bits per heavy atom. The van der Waals surface area contributed by atoms with Crippen LogP contribution in [-0.4, -0.2) is 28.1 Å². The van der Waals surface area contributed by atoms with Crippen LogP contribution in [0.25, 0.3) is 0 Å². The Hall–Kier alpha value is -1.47. The van der Waals surface area contributed by atoms with E-state index in [0.29, 0.717) is 0 Å². The molecule has 1 nitrogen and oxygen atoms in total. The van der Waals surface area contributed by atoms with Crippen LogP contribution in [0.4, 0.5) is 0 Å². The third-order valence-electron chi connectivity index (χ3n) is 6.66. The summed E-state index contributed by atoms with van der Waals surface area (Å²) >= 11 is 0. The quantitative estimate of drug-likeness (QED) is 0.552. The molecule has 1 aliphatic rings. The van der Waals surface area contributed by atoms with E-state index in [-0.39, 0.29) is 5.60 Å². The molecule has 3 rings (SSSR count). The molecule has 1 saturated heterocycles. The Bertz CT molecular complexity index is 763. The molecule has 2 unspecified atom stereocenters. The topological polar surface area (TPSA) is 9.23 Å². The molecule has 0 radical (unpaired) electrons. The van der Waals surface area contributed by atoms with E-state index >= 15 is 0 Å². The molecule has 136 valence electrons. The fraction of sp³-hybridized carbons (Fsp3) is 0.273. The summed E-state index contributed by atoms with van der Waals surface area (Å²) in [5.74, 6) is 0. The van der Waals surface area contributed by atoms with Gasteiger partial charge in [-0.3, -0.25) is 0 Å². The third kappa shape index (κ3) is 2.67. The first-order chi connectivity index (χ1) is 12.2. The van der Waals surface area contributed by atoms with Crippen molar-refractivity contribution < 1.29 is 4.43 Å². The summed E-state index contributed by atoms with van der Waals surface area (Å²) in [6.07, 6.45) is 2.04. The third-order valence-corrected chi connectivity index (χ3v) is 42.0. The summed E-state index contributed by atoms with van der Waals surface area (Å²) < 4.78 is 7.26. The van der Waals surface area contributed by atoms with Crippen LogP contribution in [0.5, 0.6) is 0 Å². The minimum absolute atomic E-state index is 0.296. The average molecular weight is 395 g/mol. The minimum Gasteiger partial charge on any atom is -0.403 e. The first-order valence-corrected chi connectivity index (χ1v) is 19.0. The maximum absolute atomic E-state index is 7.26. The van der Waals surface area contributed by atoms with Crippen LogP contribution in [0.1, 0.15) is 6.92 Å². The number of benzene rings is 2. The van der Waals surface area contributed by atoms with Gasteiger partial charge in [0.05, 0.1) is 20.3 Å². The lowest BCUT2D eigenvalue weighted by atomic mass is 10.1. The first kappa shape index (κ1) is 19.3. The van der Waals surface area contributed by atoms with E-state index in [1.165, 1.54) is 10.4 Å². The van der Waals surface area contributed by atoms with Crippen molar-refractivity contribution in [2.24, 2.45) is 0 Å². The molecule has 2 atom stereocenters. The van der Waals surface area contributed by atoms with Gasteiger partial charge < -0.3 is 4.43 Å². The molecule has 0 amide bonds. The zero-order valence-corrected chi connectivity index (χ0v) is 19.5. The van der Waals surface area contributed by atoms with Crippen molar-refractivity contribution in [1.82, 2.24) is 0 Å². The van der Waals surface area contributed by atoms with Gasteiger partial charge in [-0.15, -0.1) is 18.9 Å². The predicted octanol–water partition coefficient (Wildman–Crippen LogP) is 4.39. The van der Waals surface area contributed by atoms with E-state index in [4.69, 9.17) is 4.43 Å². The van der Waals surface area contributed by atoms with E-state index in [2.05, 4.69) is 106 Å². The standard InChI is InChI=1S/C22H30OSi3/c1-7-22(3)19-25(6,8-2)24(4,5)26(23-22,20-15-11-9-12-16-20)21-17-13-10-14-18-21/h7-18H,1-2,19H2,3-6H3. The summed E-state index contributed by atoms with van der Waals surface area (Å²) in [6, 6.07) is 23.1. The molecule has 1 fully saturated rings. The smallest absolute Gasteiger partial charge is 0.239 e. The normalized spacial score (nSPS) is 29.7.